The Kier molecular flexibility index (Phi) is 9.68. The summed E-state index contributed by atoms with van der Waals surface area (Å²) in [7, 11) is -2.42. The molecule has 0 fully saturated rings. The van der Waals surface area contributed by atoms with Crippen molar-refractivity contribution >= 4 is 27.5 Å². The minimum absolute atomic E-state index is 0.137. The van der Waals surface area contributed by atoms with E-state index in [1.165, 1.54) is 12.0 Å². The van der Waals surface area contributed by atoms with E-state index in [1.54, 1.807) is 24.3 Å². The molecule has 9 heteroatoms. The summed E-state index contributed by atoms with van der Waals surface area (Å²) in [4.78, 5) is 28.7. The van der Waals surface area contributed by atoms with Crippen LogP contribution < -0.4 is 14.4 Å². The molecule has 2 amide bonds. The predicted octanol–water partition coefficient (Wildman–Crippen LogP) is 3.24. The fraction of sp³-hybridized carbons (Fsp3) is 0.286. The molecule has 37 heavy (non-hydrogen) atoms. The maximum Gasteiger partial charge on any atom is 0.244 e. The third-order valence-corrected chi connectivity index (χ3v) is 6.98. The Morgan fingerprint density at radius 1 is 0.892 bits per heavy atom. The SMILES string of the molecule is CCNC(=O)C(Cc1ccccc1)N(Cc1ccccc1)C(=O)CN(c1ccccc1OC)S(C)(=O)=O. The number of hydrogen-bond acceptors (Lipinski definition) is 5. The zero-order valence-electron chi connectivity index (χ0n) is 21.3. The van der Waals surface area contributed by atoms with Gasteiger partial charge in [0.2, 0.25) is 21.8 Å². The second kappa shape index (κ2) is 12.9. The summed E-state index contributed by atoms with van der Waals surface area (Å²) in [6, 6.07) is 24.5. The van der Waals surface area contributed by atoms with E-state index in [0.29, 0.717) is 12.3 Å². The average molecular weight is 524 g/mol. The number of benzene rings is 3. The van der Waals surface area contributed by atoms with Gasteiger partial charge in [-0.3, -0.25) is 13.9 Å². The van der Waals surface area contributed by atoms with E-state index in [2.05, 4.69) is 5.32 Å². The minimum atomic E-state index is -3.86. The number of anilines is 1. The van der Waals surface area contributed by atoms with E-state index < -0.39 is 28.5 Å². The first-order valence-electron chi connectivity index (χ1n) is 12.0. The van der Waals surface area contributed by atoms with Crippen LogP contribution >= 0.6 is 0 Å². The van der Waals surface area contributed by atoms with Crippen molar-refractivity contribution in [2.24, 2.45) is 0 Å². The molecule has 3 rings (SSSR count). The van der Waals surface area contributed by atoms with Gasteiger partial charge in [-0.05, 0) is 30.2 Å². The summed E-state index contributed by atoms with van der Waals surface area (Å²) in [5, 5.41) is 2.84. The number of carbonyl (C=O) groups excluding carboxylic acids is 2. The molecular weight excluding hydrogens is 490 g/mol. The lowest BCUT2D eigenvalue weighted by Crippen LogP contribution is -2.53. The van der Waals surface area contributed by atoms with Crippen molar-refractivity contribution < 1.29 is 22.7 Å². The van der Waals surface area contributed by atoms with Crippen LogP contribution in [0.2, 0.25) is 0 Å². The molecule has 0 saturated carbocycles. The first-order chi connectivity index (χ1) is 17.7. The molecule has 0 aliphatic heterocycles. The Morgan fingerprint density at radius 3 is 2.03 bits per heavy atom. The first kappa shape index (κ1) is 27.7. The van der Waals surface area contributed by atoms with Gasteiger partial charge in [0.1, 0.15) is 18.3 Å². The highest BCUT2D eigenvalue weighted by Gasteiger charge is 2.33. The molecule has 0 aliphatic carbocycles. The van der Waals surface area contributed by atoms with Crippen molar-refractivity contribution in [3.05, 3.63) is 96.1 Å². The van der Waals surface area contributed by atoms with E-state index in [-0.39, 0.29) is 24.6 Å². The molecule has 1 atom stereocenters. The molecule has 0 saturated heterocycles. The lowest BCUT2D eigenvalue weighted by molar-refractivity contribution is -0.140. The lowest BCUT2D eigenvalue weighted by Gasteiger charge is -2.33. The van der Waals surface area contributed by atoms with Gasteiger partial charge in [0.25, 0.3) is 0 Å². The molecule has 8 nitrogen and oxygen atoms in total. The van der Waals surface area contributed by atoms with E-state index in [1.807, 2.05) is 67.6 Å². The maximum atomic E-state index is 13.9. The van der Waals surface area contributed by atoms with Gasteiger partial charge >= 0.3 is 0 Å². The number of carbonyl (C=O) groups is 2. The summed E-state index contributed by atoms with van der Waals surface area (Å²) in [5.74, 6) is -0.494. The number of amides is 2. The summed E-state index contributed by atoms with van der Waals surface area (Å²) in [5.41, 5.74) is 1.95. The van der Waals surface area contributed by atoms with Crippen molar-refractivity contribution in [2.45, 2.75) is 25.9 Å². The predicted molar refractivity (Wildman–Crippen MR) is 145 cm³/mol. The van der Waals surface area contributed by atoms with E-state index in [0.717, 1.165) is 21.7 Å². The van der Waals surface area contributed by atoms with Gasteiger partial charge in [-0.25, -0.2) is 8.42 Å². The summed E-state index contributed by atoms with van der Waals surface area (Å²) in [6.07, 6.45) is 1.32. The number of ether oxygens (including phenoxy) is 1. The number of likely N-dealkylation sites (N-methyl/N-ethyl adjacent to an activating group) is 1. The van der Waals surface area contributed by atoms with Crippen molar-refractivity contribution in [2.75, 3.05) is 30.8 Å². The number of sulfonamides is 1. The number of methoxy groups -OCH3 is 1. The monoisotopic (exact) mass is 523 g/mol. The Bertz CT molecular complexity index is 1280. The Balaban J connectivity index is 2.04. The van der Waals surface area contributed by atoms with Crippen LogP contribution in [-0.2, 0) is 32.6 Å². The molecule has 0 aliphatic rings. The van der Waals surface area contributed by atoms with Crippen LogP contribution in [0.4, 0.5) is 5.69 Å². The minimum Gasteiger partial charge on any atom is -0.495 e. The second-order valence-corrected chi connectivity index (χ2v) is 10.5. The molecule has 1 N–H and O–H groups in total. The third-order valence-electron chi connectivity index (χ3n) is 5.85. The normalized spacial score (nSPS) is 11.9. The molecule has 0 radical (unpaired) electrons. The zero-order valence-corrected chi connectivity index (χ0v) is 22.1. The van der Waals surface area contributed by atoms with E-state index >= 15 is 0 Å². The lowest BCUT2D eigenvalue weighted by atomic mass is 10.0. The molecule has 0 heterocycles. The largest absolute Gasteiger partial charge is 0.495 e. The highest BCUT2D eigenvalue weighted by atomic mass is 32.2. The van der Waals surface area contributed by atoms with Gasteiger partial charge in [-0.2, -0.15) is 0 Å². The van der Waals surface area contributed by atoms with Gasteiger partial charge in [-0.1, -0.05) is 72.8 Å². The van der Waals surface area contributed by atoms with E-state index in [4.69, 9.17) is 4.74 Å². The van der Waals surface area contributed by atoms with Gasteiger partial charge < -0.3 is 15.0 Å². The van der Waals surface area contributed by atoms with E-state index in [9.17, 15) is 18.0 Å². The van der Waals surface area contributed by atoms with Crippen LogP contribution in [0.25, 0.3) is 0 Å². The Labute approximate surface area is 218 Å². The van der Waals surface area contributed by atoms with Gasteiger partial charge in [0, 0.05) is 19.5 Å². The van der Waals surface area contributed by atoms with Crippen molar-refractivity contribution in [3.8, 4) is 5.75 Å². The summed E-state index contributed by atoms with van der Waals surface area (Å²) in [6.45, 7) is 1.86. The van der Waals surface area contributed by atoms with Gasteiger partial charge in [0.15, 0.2) is 0 Å². The van der Waals surface area contributed by atoms with Crippen LogP contribution in [0.15, 0.2) is 84.9 Å². The van der Waals surface area contributed by atoms with Crippen LogP contribution in [0, 0.1) is 0 Å². The summed E-state index contributed by atoms with van der Waals surface area (Å²) >= 11 is 0. The highest BCUT2D eigenvalue weighted by Crippen LogP contribution is 2.29. The Hall–Kier alpha value is -3.85. The Morgan fingerprint density at radius 2 is 1.46 bits per heavy atom. The molecular formula is C28H33N3O5S. The number of nitrogens with zero attached hydrogens (tertiary/aromatic N) is 2. The quantitative estimate of drug-likeness (QED) is 0.393. The molecule has 0 spiro atoms. The number of nitrogens with one attached hydrogen (secondary N) is 1. The number of rotatable bonds is 12. The fourth-order valence-corrected chi connectivity index (χ4v) is 4.91. The second-order valence-electron chi connectivity index (χ2n) is 8.55. The maximum absolute atomic E-state index is 13.9. The molecule has 0 bridgehead atoms. The smallest absolute Gasteiger partial charge is 0.244 e. The standard InChI is InChI=1S/C28H33N3O5S/c1-4-29-28(33)25(19-22-13-7-5-8-14-22)30(20-23-15-9-6-10-16-23)27(32)21-31(37(3,34)35)24-17-11-12-18-26(24)36-2/h5-18,25H,4,19-21H2,1-3H3,(H,29,33). The average Bonchev–Trinajstić information content (AvgIpc) is 2.89. The third kappa shape index (κ3) is 7.57. The van der Waals surface area contributed by atoms with Crippen LogP contribution in [0.5, 0.6) is 5.75 Å². The number of para-hydroxylation sites is 2. The molecule has 3 aromatic rings. The van der Waals surface area contributed by atoms with Crippen molar-refractivity contribution in [1.82, 2.24) is 10.2 Å². The van der Waals surface area contributed by atoms with Gasteiger partial charge in [0.05, 0.1) is 19.1 Å². The van der Waals surface area contributed by atoms with Gasteiger partial charge in [-0.15, -0.1) is 0 Å². The summed E-state index contributed by atoms with van der Waals surface area (Å²) < 4.78 is 32.0. The van der Waals surface area contributed by atoms with Crippen LogP contribution in [-0.4, -0.2) is 57.6 Å². The first-order valence-corrected chi connectivity index (χ1v) is 13.8. The number of hydrogen-bond donors (Lipinski definition) is 1. The van der Waals surface area contributed by atoms with Crippen LogP contribution in [0.3, 0.4) is 0 Å². The fourth-order valence-electron chi connectivity index (χ4n) is 4.06. The van der Waals surface area contributed by atoms with Crippen LogP contribution in [0.1, 0.15) is 18.1 Å². The molecule has 0 aromatic heterocycles. The zero-order chi connectivity index (χ0) is 26.8. The van der Waals surface area contributed by atoms with Crippen molar-refractivity contribution in [1.29, 1.82) is 0 Å². The molecule has 3 aromatic carbocycles. The molecule has 1 unspecified atom stereocenters. The van der Waals surface area contributed by atoms with Crippen molar-refractivity contribution in [3.63, 3.8) is 0 Å². The molecule has 196 valence electrons. The topological polar surface area (TPSA) is 96.0 Å². The highest BCUT2D eigenvalue weighted by molar-refractivity contribution is 7.92.